The van der Waals surface area contributed by atoms with Crippen LogP contribution in [0, 0.1) is 0 Å². The second-order valence-electron chi connectivity index (χ2n) is 6.78. The number of para-hydroxylation sites is 1. The van der Waals surface area contributed by atoms with E-state index >= 15 is 0 Å². The number of fused-ring (bicyclic) bond motifs is 1. The molecule has 0 unspecified atom stereocenters. The fourth-order valence-corrected chi connectivity index (χ4v) is 4.05. The van der Waals surface area contributed by atoms with Crippen LogP contribution in [0.2, 0.25) is 0 Å². The lowest BCUT2D eigenvalue weighted by molar-refractivity contribution is 0.186. The first kappa shape index (κ1) is 14.0. The molecule has 0 amide bonds. The molecule has 0 atom stereocenters. The third-order valence-electron chi connectivity index (χ3n) is 5.30. The summed E-state index contributed by atoms with van der Waals surface area (Å²) in [5, 5.41) is 4.87. The first-order chi connectivity index (χ1) is 10.9. The van der Waals surface area contributed by atoms with E-state index in [0.717, 1.165) is 17.4 Å². The molecule has 1 aromatic carbocycles. The van der Waals surface area contributed by atoms with Crippen LogP contribution in [0.15, 0.2) is 36.4 Å². The SMILES string of the molecule is c1ccc2nc(NC3CCC(N4CCCC4)CC3)ccc2c1. The number of nitrogens with one attached hydrogen (secondary N) is 1. The monoisotopic (exact) mass is 295 g/mol. The number of anilines is 1. The Morgan fingerprint density at radius 3 is 2.50 bits per heavy atom. The van der Waals surface area contributed by atoms with Crippen molar-refractivity contribution in [1.29, 1.82) is 0 Å². The van der Waals surface area contributed by atoms with E-state index in [0.29, 0.717) is 6.04 Å². The van der Waals surface area contributed by atoms with Crippen LogP contribution >= 0.6 is 0 Å². The zero-order valence-corrected chi connectivity index (χ0v) is 13.2. The first-order valence-electron chi connectivity index (χ1n) is 8.75. The van der Waals surface area contributed by atoms with Gasteiger partial charge in [0.25, 0.3) is 0 Å². The standard InChI is InChI=1S/C19H25N3/c1-2-6-18-15(5-1)7-12-19(21-18)20-16-8-10-17(11-9-16)22-13-3-4-14-22/h1-2,5-7,12,16-17H,3-4,8-11,13-14H2,(H,20,21). The van der Waals surface area contributed by atoms with E-state index in [1.165, 1.54) is 57.0 Å². The molecule has 3 nitrogen and oxygen atoms in total. The van der Waals surface area contributed by atoms with Gasteiger partial charge >= 0.3 is 0 Å². The fourth-order valence-electron chi connectivity index (χ4n) is 4.05. The molecule has 4 rings (SSSR count). The Morgan fingerprint density at radius 1 is 0.909 bits per heavy atom. The molecule has 1 saturated heterocycles. The number of benzene rings is 1. The van der Waals surface area contributed by atoms with Crippen LogP contribution in [0.25, 0.3) is 10.9 Å². The van der Waals surface area contributed by atoms with Gasteiger partial charge in [0.15, 0.2) is 0 Å². The lowest BCUT2D eigenvalue weighted by Crippen LogP contribution is -2.38. The maximum absolute atomic E-state index is 4.74. The zero-order chi connectivity index (χ0) is 14.8. The summed E-state index contributed by atoms with van der Waals surface area (Å²) in [5.41, 5.74) is 1.08. The molecule has 22 heavy (non-hydrogen) atoms. The van der Waals surface area contributed by atoms with Gasteiger partial charge in [0.1, 0.15) is 5.82 Å². The van der Waals surface area contributed by atoms with Crippen molar-refractivity contribution in [2.24, 2.45) is 0 Å². The molecule has 1 saturated carbocycles. The predicted octanol–water partition coefficient (Wildman–Crippen LogP) is 4.05. The number of hydrogen-bond donors (Lipinski definition) is 1. The Kier molecular flexibility index (Phi) is 3.98. The zero-order valence-electron chi connectivity index (χ0n) is 13.2. The van der Waals surface area contributed by atoms with Crippen LogP contribution in [0.4, 0.5) is 5.82 Å². The van der Waals surface area contributed by atoms with Crippen molar-refractivity contribution in [3.05, 3.63) is 36.4 Å². The van der Waals surface area contributed by atoms with Gasteiger partial charge in [0, 0.05) is 17.5 Å². The molecule has 1 aliphatic heterocycles. The smallest absolute Gasteiger partial charge is 0.126 e. The Morgan fingerprint density at radius 2 is 1.68 bits per heavy atom. The van der Waals surface area contributed by atoms with Gasteiger partial charge in [0.2, 0.25) is 0 Å². The normalized spacial score (nSPS) is 26.4. The highest BCUT2D eigenvalue weighted by Crippen LogP contribution is 2.27. The van der Waals surface area contributed by atoms with Crippen LogP contribution in [0.3, 0.4) is 0 Å². The van der Waals surface area contributed by atoms with Crippen molar-refractivity contribution in [3.8, 4) is 0 Å². The molecule has 2 heterocycles. The third kappa shape index (κ3) is 2.95. The van der Waals surface area contributed by atoms with Crippen molar-refractivity contribution in [1.82, 2.24) is 9.88 Å². The van der Waals surface area contributed by atoms with Crippen LogP contribution in [0.1, 0.15) is 38.5 Å². The van der Waals surface area contributed by atoms with Gasteiger partial charge in [-0.1, -0.05) is 18.2 Å². The van der Waals surface area contributed by atoms with Crippen molar-refractivity contribution in [3.63, 3.8) is 0 Å². The second-order valence-corrected chi connectivity index (χ2v) is 6.78. The minimum atomic E-state index is 0.590. The Bertz CT molecular complexity index is 625. The van der Waals surface area contributed by atoms with Crippen molar-refractivity contribution in [2.75, 3.05) is 18.4 Å². The number of hydrogen-bond acceptors (Lipinski definition) is 3. The number of aromatic nitrogens is 1. The molecule has 2 aliphatic rings. The van der Waals surface area contributed by atoms with Crippen molar-refractivity contribution >= 4 is 16.7 Å². The van der Waals surface area contributed by atoms with Crippen LogP contribution in [0.5, 0.6) is 0 Å². The van der Waals surface area contributed by atoms with E-state index in [1.807, 2.05) is 0 Å². The second kappa shape index (κ2) is 6.25. The number of nitrogens with zero attached hydrogens (tertiary/aromatic N) is 2. The minimum Gasteiger partial charge on any atom is -0.367 e. The molecule has 116 valence electrons. The summed E-state index contributed by atoms with van der Waals surface area (Å²) in [4.78, 5) is 7.46. The first-order valence-corrected chi connectivity index (χ1v) is 8.75. The average Bonchev–Trinajstić information content (AvgIpc) is 3.10. The molecule has 1 N–H and O–H groups in total. The summed E-state index contributed by atoms with van der Waals surface area (Å²) in [6.07, 6.45) is 8.03. The van der Waals surface area contributed by atoms with Gasteiger partial charge in [-0.25, -0.2) is 4.98 Å². The van der Waals surface area contributed by atoms with Crippen LogP contribution < -0.4 is 5.32 Å². The number of rotatable bonds is 3. The maximum atomic E-state index is 4.74. The molecule has 1 aromatic heterocycles. The molecular weight excluding hydrogens is 270 g/mol. The molecule has 2 aromatic rings. The number of likely N-dealkylation sites (tertiary alicyclic amines) is 1. The van der Waals surface area contributed by atoms with Gasteiger partial charge in [-0.2, -0.15) is 0 Å². The summed E-state index contributed by atoms with van der Waals surface area (Å²) in [6, 6.07) is 14.0. The van der Waals surface area contributed by atoms with Gasteiger partial charge in [-0.3, -0.25) is 0 Å². The van der Waals surface area contributed by atoms with E-state index in [9.17, 15) is 0 Å². The highest BCUT2D eigenvalue weighted by molar-refractivity contribution is 5.80. The van der Waals surface area contributed by atoms with E-state index in [2.05, 4.69) is 46.6 Å². The number of pyridine rings is 1. The van der Waals surface area contributed by atoms with Gasteiger partial charge in [-0.05, 0) is 69.8 Å². The minimum absolute atomic E-state index is 0.590. The average molecular weight is 295 g/mol. The molecule has 0 bridgehead atoms. The van der Waals surface area contributed by atoms with Gasteiger partial charge in [-0.15, -0.1) is 0 Å². The van der Waals surface area contributed by atoms with Gasteiger partial charge < -0.3 is 10.2 Å². The Labute approximate surface area is 132 Å². The Balaban J connectivity index is 1.37. The van der Waals surface area contributed by atoms with E-state index in [1.54, 1.807) is 0 Å². The van der Waals surface area contributed by atoms with E-state index in [-0.39, 0.29) is 0 Å². The topological polar surface area (TPSA) is 28.2 Å². The fraction of sp³-hybridized carbons (Fsp3) is 0.526. The van der Waals surface area contributed by atoms with Crippen molar-refractivity contribution < 1.29 is 0 Å². The molecule has 3 heteroatoms. The molecule has 1 aliphatic carbocycles. The summed E-state index contributed by atoms with van der Waals surface area (Å²) in [6.45, 7) is 2.66. The largest absolute Gasteiger partial charge is 0.367 e. The summed E-state index contributed by atoms with van der Waals surface area (Å²) >= 11 is 0. The summed E-state index contributed by atoms with van der Waals surface area (Å²) in [7, 11) is 0. The molecule has 0 radical (unpaired) electrons. The highest BCUT2D eigenvalue weighted by Gasteiger charge is 2.27. The quantitative estimate of drug-likeness (QED) is 0.925. The van der Waals surface area contributed by atoms with Gasteiger partial charge in [0.05, 0.1) is 5.52 Å². The summed E-state index contributed by atoms with van der Waals surface area (Å²) < 4.78 is 0. The highest BCUT2D eigenvalue weighted by atomic mass is 15.2. The Hall–Kier alpha value is -1.61. The predicted molar refractivity (Wildman–Crippen MR) is 92.2 cm³/mol. The maximum Gasteiger partial charge on any atom is 0.126 e. The molecule has 2 fully saturated rings. The van der Waals surface area contributed by atoms with Crippen molar-refractivity contribution in [2.45, 2.75) is 50.6 Å². The van der Waals surface area contributed by atoms with Crippen LogP contribution in [-0.2, 0) is 0 Å². The lowest BCUT2D eigenvalue weighted by atomic mass is 9.90. The van der Waals surface area contributed by atoms with E-state index in [4.69, 9.17) is 4.98 Å². The molecule has 0 spiro atoms. The van der Waals surface area contributed by atoms with E-state index < -0.39 is 0 Å². The summed E-state index contributed by atoms with van der Waals surface area (Å²) in [5.74, 6) is 1.03. The molecular formula is C19H25N3. The lowest BCUT2D eigenvalue weighted by Gasteiger charge is -2.35. The van der Waals surface area contributed by atoms with Crippen LogP contribution in [-0.4, -0.2) is 35.1 Å². The third-order valence-corrected chi connectivity index (χ3v) is 5.30.